The van der Waals surface area contributed by atoms with Gasteiger partial charge in [-0.1, -0.05) is 66.7 Å². The van der Waals surface area contributed by atoms with Crippen LogP contribution in [0.4, 0.5) is 4.79 Å². The van der Waals surface area contributed by atoms with Crippen LogP contribution in [-0.4, -0.2) is 39.4 Å². The molecule has 3 aromatic carbocycles. The number of sulfone groups is 2. The Kier molecular flexibility index (Phi) is 8.24. The Morgan fingerprint density at radius 1 is 0.784 bits per heavy atom. The van der Waals surface area contributed by atoms with Gasteiger partial charge < -0.3 is 14.8 Å². The quantitative estimate of drug-likeness (QED) is 0.400. The zero-order chi connectivity index (χ0) is 27.3. The zero-order valence-electron chi connectivity index (χ0n) is 20.7. The van der Waals surface area contributed by atoms with E-state index in [0.29, 0.717) is 6.29 Å². The maximum atomic E-state index is 13.9. The number of rotatable bonds is 9. The highest BCUT2D eigenvalue weighted by Crippen LogP contribution is 2.35. The number of amides is 1. The first kappa shape index (κ1) is 28.1. The molecule has 0 heterocycles. The maximum absolute atomic E-state index is 13.9. The minimum Gasteiger partial charge on any atom is -0.444 e. The molecule has 0 radical (unpaired) electrons. The van der Waals surface area contributed by atoms with Crippen molar-refractivity contribution in [3.05, 3.63) is 96.6 Å². The van der Waals surface area contributed by atoms with Crippen molar-refractivity contribution >= 4 is 32.1 Å². The molecule has 0 aliphatic rings. The molecule has 0 saturated heterocycles. The number of ether oxygens (including phenoxy) is 1. The highest BCUT2D eigenvalue weighted by molar-refractivity contribution is 8.09. The number of carbonyl (C=O) groups is 2. The molecule has 0 fully saturated rings. The molecule has 0 aliphatic carbocycles. The van der Waals surface area contributed by atoms with Gasteiger partial charge in [0.05, 0.1) is 9.79 Å². The van der Waals surface area contributed by atoms with Gasteiger partial charge in [0.15, 0.2) is 24.3 Å². The first-order chi connectivity index (χ1) is 17.3. The molecule has 0 aromatic heterocycles. The van der Waals surface area contributed by atoms with E-state index in [4.69, 9.17) is 4.74 Å². The van der Waals surface area contributed by atoms with Gasteiger partial charge in [-0.15, -0.1) is 0 Å². The van der Waals surface area contributed by atoms with Crippen molar-refractivity contribution in [1.29, 1.82) is 0 Å². The SMILES string of the molecule is CC(C)(C)OC(=O)N[C@@](C=O)(CC(S(=O)(=O)c1ccccc1)S(=O)(=O)c1ccccc1)c1ccccc1. The van der Waals surface area contributed by atoms with E-state index in [2.05, 4.69) is 5.32 Å². The van der Waals surface area contributed by atoms with Crippen LogP contribution in [0.3, 0.4) is 0 Å². The molecule has 196 valence electrons. The van der Waals surface area contributed by atoms with E-state index >= 15 is 0 Å². The van der Waals surface area contributed by atoms with Gasteiger partial charge in [-0.2, -0.15) is 0 Å². The van der Waals surface area contributed by atoms with Crippen LogP contribution < -0.4 is 5.32 Å². The second-order valence-electron chi connectivity index (χ2n) is 9.43. The summed E-state index contributed by atoms with van der Waals surface area (Å²) < 4.78 is 58.6. The third-order valence-corrected chi connectivity index (χ3v) is 10.6. The van der Waals surface area contributed by atoms with E-state index in [1.54, 1.807) is 51.1 Å². The van der Waals surface area contributed by atoms with Crippen LogP contribution >= 0.6 is 0 Å². The van der Waals surface area contributed by atoms with Gasteiger partial charge in [-0.3, -0.25) is 0 Å². The van der Waals surface area contributed by atoms with Gasteiger partial charge in [0.2, 0.25) is 0 Å². The molecule has 1 atom stereocenters. The summed E-state index contributed by atoms with van der Waals surface area (Å²) in [5.41, 5.74) is -2.77. The molecule has 1 amide bonds. The maximum Gasteiger partial charge on any atom is 0.408 e. The molecule has 0 saturated carbocycles. The summed E-state index contributed by atoms with van der Waals surface area (Å²) in [6, 6.07) is 22.1. The lowest BCUT2D eigenvalue weighted by molar-refractivity contribution is -0.114. The van der Waals surface area contributed by atoms with E-state index in [-0.39, 0.29) is 15.4 Å². The highest BCUT2D eigenvalue weighted by atomic mass is 32.3. The lowest BCUT2D eigenvalue weighted by atomic mass is 9.88. The molecule has 0 unspecified atom stereocenters. The van der Waals surface area contributed by atoms with Gasteiger partial charge in [-0.25, -0.2) is 21.6 Å². The van der Waals surface area contributed by atoms with Crippen molar-refractivity contribution in [2.45, 2.75) is 52.7 Å². The van der Waals surface area contributed by atoms with Crippen LogP contribution in [0, 0.1) is 0 Å². The zero-order valence-corrected chi connectivity index (χ0v) is 22.3. The summed E-state index contributed by atoms with van der Waals surface area (Å²) in [7, 11) is -9.14. The van der Waals surface area contributed by atoms with E-state index in [9.17, 15) is 26.4 Å². The number of benzene rings is 3. The first-order valence-electron chi connectivity index (χ1n) is 11.4. The van der Waals surface area contributed by atoms with Crippen LogP contribution in [0.15, 0.2) is 101 Å². The van der Waals surface area contributed by atoms with E-state index in [1.807, 2.05) is 0 Å². The Bertz CT molecular complexity index is 1370. The lowest BCUT2D eigenvalue weighted by Gasteiger charge is -2.34. The molecule has 1 N–H and O–H groups in total. The summed E-state index contributed by atoms with van der Waals surface area (Å²) in [5, 5.41) is 2.47. The Labute approximate surface area is 217 Å². The van der Waals surface area contributed by atoms with E-state index < -0.39 is 47.9 Å². The van der Waals surface area contributed by atoms with Crippen molar-refractivity contribution in [3.8, 4) is 0 Å². The van der Waals surface area contributed by atoms with Crippen LogP contribution in [-0.2, 0) is 34.7 Å². The first-order valence-corrected chi connectivity index (χ1v) is 14.5. The van der Waals surface area contributed by atoms with E-state index in [0.717, 1.165) is 0 Å². The van der Waals surface area contributed by atoms with Gasteiger partial charge in [0, 0.05) is 6.42 Å². The molecule has 37 heavy (non-hydrogen) atoms. The molecule has 0 spiro atoms. The predicted octanol–water partition coefficient (Wildman–Crippen LogP) is 4.27. The van der Waals surface area contributed by atoms with Gasteiger partial charge in [0.25, 0.3) is 0 Å². The Morgan fingerprint density at radius 3 is 1.57 bits per heavy atom. The van der Waals surface area contributed by atoms with Crippen molar-refractivity contribution in [2.75, 3.05) is 0 Å². The van der Waals surface area contributed by atoms with Crippen LogP contribution in [0.5, 0.6) is 0 Å². The predicted molar refractivity (Wildman–Crippen MR) is 139 cm³/mol. The Hall–Kier alpha value is -3.50. The third kappa shape index (κ3) is 6.44. The number of nitrogens with one attached hydrogen (secondary N) is 1. The molecule has 0 bridgehead atoms. The molecule has 3 aromatic rings. The van der Waals surface area contributed by atoms with Crippen molar-refractivity contribution < 1.29 is 31.2 Å². The fraction of sp³-hybridized carbons (Fsp3) is 0.259. The van der Waals surface area contributed by atoms with Crippen molar-refractivity contribution in [1.82, 2.24) is 5.32 Å². The van der Waals surface area contributed by atoms with Gasteiger partial charge >= 0.3 is 6.09 Å². The molecule has 0 aliphatic heterocycles. The highest BCUT2D eigenvalue weighted by Gasteiger charge is 2.48. The topological polar surface area (TPSA) is 124 Å². The Morgan fingerprint density at radius 2 is 1.19 bits per heavy atom. The summed E-state index contributed by atoms with van der Waals surface area (Å²) >= 11 is 0. The van der Waals surface area contributed by atoms with E-state index in [1.165, 1.54) is 60.7 Å². The summed E-state index contributed by atoms with van der Waals surface area (Å²) in [4.78, 5) is 25.1. The number of hydrogen-bond acceptors (Lipinski definition) is 7. The average molecular weight is 544 g/mol. The van der Waals surface area contributed by atoms with Crippen LogP contribution in [0.1, 0.15) is 32.8 Å². The number of carbonyl (C=O) groups excluding carboxylic acids is 2. The summed E-state index contributed by atoms with van der Waals surface area (Å²) in [6.45, 7) is 4.88. The molecular weight excluding hydrogens is 514 g/mol. The normalized spacial score (nSPS) is 13.9. The standard InChI is InChI=1S/C27H29NO7S2/c1-26(2,3)35-25(30)28-27(20-29,21-13-7-4-8-14-21)19-24(36(31,32)22-15-9-5-10-16-22)37(33,34)23-17-11-6-12-18-23/h4-18,20,24H,19H2,1-3H3,(H,28,30)/t27-/m1/s1. The average Bonchev–Trinajstić information content (AvgIpc) is 2.86. The minimum atomic E-state index is -4.57. The molecule has 8 nitrogen and oxygen atoms in total. The lowest BCUT2D eigenvalue weighted by Crippen LogP contribution is -2.52. The number of alkyl carbamates (subject to hydrolysis) is 1. The third-order valence-electron chi connectivity index (χ3n) is 5.54. The van der Waals surface area contributed by atoms with Gasteiger partial charge in [0.1, 0.15) is 17.4 Å². The van der Waals surface area contributed by atoms with Crippen molar-refractivity contribution in [3.63, 3.8) is 0 Å². The second kappa shape index (κ2) is 10.9. The van der Waals surface area contributed by atoms with Crippen LogP contribution in [0.25, 0.3) is 0 Å². The Balaban J connectivity index is 2.24. The van der Waals surface area contributed by atoms with Gasteiger partial charge in [-0.05, 0) is 50.6 Å². The minimum absolute atomic E-state index is 0.201. The molecular formula is C27H29NO7S2. The fourth-order valence-electron chi connectivity index (χ4n) is 3.78. The largest absolute Gasteiger partial charge is 0.444 e. The number of aldehydes is 1. The van der Waals surface area contributed by atoms with Crippen molar-refractivity contribution in [2.24, 2.45) is 0 Å². The molecule has 10 heteroatoms. The summed E-state index contributed by atoms with van der Waals surface area (Å²) in [6.07, 6.45) is -1.45. The number of hydrogen-bond donors (Lipinski definition) is 1. The molecule has 3 rings (SSSR count). The second-order valence-corrected chi connectivity index (χ2v) is 14.0. The van der Waals surface area contributed by atoms with Crippen LogP contribution in [0.2, 0.25) is 0 Å². The summed E-state index contributed by atoms with van der Waals surface area (Å²) in [5.74, 6) is 0. The monoisotopic (exact) mass is 543 g/mol. The smallest absolute Gasteiger partial charge is 0.408 e. The fourth-order valence-corrected chi connectivity index (χ4v) is 8.43.